The molecular weight excluding hydrogens is 426 g/mol. The van der Waals surface area contributed by atoms with Crippen LogP contribution < -0.4 is 0 Å². The van der Waals surface area contributed by atoms with E-state index >= 15 is 0 Å². The fourth-order valence-electron chi connectivity index (χ4n) is 3.48. The van der Waals surface area contributed by atoms with Crippen molar-refractivity contribution in [1.82, 2.24) is 24.6 Å². The van der Waals surface area contributed by atoms with Crippen molar-refractivity contribution < 1.29 is 4.79 Å². The molecule has 5 rings (SSSR count). The average molecular weight is 450 g/mol. The Morgan fingerprint density at radius 3 is 2.65 bits per heavy atom. The maximum Gasteiger partial charge on any atom is 0.233 e. The third kappa shape index (κ3) is 4.09. The van der Waals surface area contributed by atoms with Crippen LogP contribution in [-0.4, -0.2) is 43.4 Å². The van der Waals surface area contributed by atoms with Crippen LogP contribution in [0.4, 0.5) is 0 Å². The number of carbonyl (C=O) groups excluding carboxylic acids is 1. The minimum atomic E-state index is -0.0838. The number of hydrogen-bond donors (Lipinski definition) is 0. The highest BCUT2D eigenvalue weighted by atomic mass is 32.2. The van der Waals surface area contributed by atoms with Gasteiger partial charge in [-0.1, -0.05) is 42.1 Å². The number of thioether (sulfide) groups is 1. The monoisotopic (exact) mass is 449 g/mol. The van der Waals surface area contributed by atoms with Gasteiger partial charge in [0.2, 0.25) is 5.91 Å². The fourth-order valence-corrected chi connectivity index (χ4v) is 5.42. The first-order valence-electron chi connectivity index (χ1n) is 10.4. The highest BCUT2D eigenvalue weighted by Crippen LogP contribution is 2.41. The van der Waals surface area contributed by atoms with E-state index in [9.17, 15) is 4.79 Å². The van der Waals surface area contributed by atoms with Crippen LogP contribution >= 0.6 is 23.1 Å². The number of thiazole rings is 1. The van der Waals surface area contributed by atoms with Crippen molar-refractivity contribution in [2.45, 2.75) is 36.9 Å². The van der Waals surface area contributed by atoms with E-state index in [4.69, 9.17) is 4.98 Å². The molecule has 31 heavy (non-hydrogen) atoms. The van der Waals surface area contributed by atoms with Gasteiger partial charge in [-0.25, -0.2) is 4.98 Å². The Morgan fingerprint density at radius 1 is 1.16 bits per heavy atom. The Bertz CT molecular complexity index is 1180. The molecule has 0 spiro atoms. The highest BCUT2D eigenvalue weighted by Gasteiger charge is 2.31. The SMILES string of the molecule is CC(c1nc2ccccc2s1)N(C)C(=O)CSc1nnc(C2CC2)n1-c1ccccc1. The molecular formula is C23H23N5OS2. The summed E-state index contributed by atoms with van der Waals surface area (Å²) in [7, 11) is 1.84. The number of rotatable bonds is 7. The van der Waals surface area contributed by atoms with Gasteiger partial charge in [0.05, 0.1) is 22.0 Å². The van der Waals surface area contributed by atoms with Crippen LogP contribution in [0.3, 0.4) is 0 Å². The minimum Gasteiger partial charge on any atom is -0.336 e. The van der Waals surface area contributed by atoms with E-state index in [1.807, 2.05) is 50.4 Å². The van der Waals surface area contributed by atoms with Crippen LogP contribution in [-0.2, 0) is 4.79 Å². The van der Waals surface area contributed by atoms with Gasteiger partial charge in [0, 0.05) is 18.7 Å². The molecule has 158 valence electrons. The lowest BCUT2D eigenvalue weighted by molar-refractivity contribution is -0.128. The van der Waals surface area contributed by atoms with E-state index in [0.717, 1.165) is 44.7 Å². The minimum absolute atomic E-state index is 0.0485. The summed E-state index contributed by atoms with van der Waals surface area (Å²) in [6.07, 6.45) is 2.30. The van der Waals surface area contributed by atoms with Gasteiger partial charge >= 0.3 is 0 Å². The van der Waals surface area contributed by atoms with E-state index in [1.54, 1.807) is 16.2 Å². The lowest BCUT2D eigenvalue weighted by Gasteiger charge is -2.23. The van der Waals surface area contributed by atoms with Gasteiger partial charge in [-0.15, -0.1) is 21.5 Å². The molecule has 6 nitrogen and oxygen atoms in total. The Morgan fingerprint density at radius 2 is 1.90 bits per heavy atom. The summed E-state index contributed by atoms with van der Waals surface area (Å²) >= 11 is 3.08. The van der Waals surface area contributed by atoms with Crippen molar-refractivity contribution in [3.63, 3.8) is 0 Å². The summed E-state index contributed by atoms with van der Waals surface area (Å²) in [5.74, 6) is 1.82. The van der Waals surface area contributed by atoms with Gasteiger partial charge in [-0.3, -0.25) is 9.36 Å². The summed E-state index contributed by atoms with van der Waals surface area (Å²) in [5, 5.41) is 10.6. The second-order valence-electron chi connectivity index (χ2n) is 7.78. The topological polar surface area (TPSA) is 63.9 Å². The molecule has 1 amide bonds. The van der Waals surface area contributed by atoms with Crippen LogP contribution in [0.25, 0.3) is 15.9 Å². The molecule has 1 aliphatic carbocycles. The van der Waals surface area contributed by atoms with E-state index in [-0.39, 0.29) is 11.9 Å². The first-order chi connectivity index (χ1) is 15.1. The summed E-state index contributed by atoms with van der Waals surface area (Å²) in [6, 6.07) is 18.1. The predicted octanol–water partition coefficient (Wildman–Crippen LogP) is 5.07. The third-order valence-electron chi connectivity index (χ3n) is 5.58. The van der Waals surface area contributed by atoms with Crippen LogP contribution in [0, 0.1) is 0 Å². The van der Waals surface area contributed by atoms with Gasteiger partial charge in [0.25, 0.3) is 0 Å². The van der Waals surface area contributed by atoms with Gasteiger partial charge in [0.15, 0.2) is 5.16 Å². The molecule has 2 aromatic heterocycles. The number of fused-ring (bicyclic) bond motifs is 1. The zero-order valence-corrected chi connectivity index (χ0v) is 19.1. The average Bonchev–Trinajstić information content (AvgIpc) is 3.41. The second kappa shape index (κ2) is 8.43. The lowest BCUT2D eigenvalue weighted by atomic mass is 10.3. The van der Waals surface area contributed by atoms with Gasteiger partial charge in [0.1, 0.15) is 10.8 Å². The van der Waals surface area contributed by atoms with Crippen LogP contribution in [0.5, 0.6) is 0 Å². The molecule has 0 saturated heterocycles. The number of amides is 1. The molecule has 8 heteroatoms. The molecule has 1 atom stereocenters. The van der Waals surface area contributed by atoms with Crippen molar-refractivity contribution in [3.8, 4) is 5.69 Å². The molecule has 1 saturated carbocycles. The zero-order chi connectivity index (χ0) is 21.4. The molecule has 0 bridgehead atoms. The van der Waals surface area contributed by atoms with Crippen LogP contribution in [0.2, 0.25) is 0 Å². The molecule has 2 heterocycles. The third-order valence-corrected chi connectivity index (χ3v) is 7.70. The van der Waals surface area contributed by atoms with Gasteiger partial charge < -0.3 is 4.90 Å². The Balaban J connectivity index is 1.31. The lowest BCUT2D eigenvalue weighted by Crippen LogP contribution is -2.31. The number of nitrogens with zero attached hydrogens (tertiary/aromatic N) is 5. The summed E-state index contributed by atoms with van der Waals surface area (Å²) in [5.41, 5.74) is 2.02. The highest BCUT2D eigenvalue weighted by molar-refractivity contribution is 7.99. The maximum absolute atomic E-state index is 13.0. The van der Waals surface area contributed by atoms with E-state index < -0.39 is 0 Å². The van der Waals surface area contributed by atoms with Crippen molar-refractivity contribution in [2.75, 3.05) is 12.8 Å². The van der Waals surface area contributed by atoms with E-state index in [0.29, 0.717) is 11.7 Å². The first-order valence-corrected chi connectivity index (χ1v) is 12.2. The maximum atomic E-state index is 13.0. The second-order valence-corrected chi connectivity index (χ2v) is 9.78. The Kier molecular flexibility index (Phi) is 5.50. The summed E-state index contributed by atoms with van der Waals surface area (Å²) < 4.78 is 3.25. The van der Waals surface area contributed by atoms with Crippen LogP contribution in [0.1, 0.15) is 42.6 Å². The molecule has 0 N–H and O–H groups in total. The number of aromatic nitrogens is 4. The largest absolute Gasteiger partial charge is 0.336 e. The van der Waals surface area contributed by atoms with E-state index in [2.05, 4.69) is 33.0 Å². The molecule has 1 unspecified atom stereocenters. The zero-order valence-electron chi connectivity index (χ0n) is 17.4. The Hall–Kier alpha value is -2.71. The van der Waals surface area contributed by atoms with Crippen molar-refractivity contribution in [2.24, 2.45) is 0 Å². The molecule has 1 fully saturated rings. The quantitative estimate of drug-likeness (QED) is 0.369. The number of para-hydroxylation sites is 2. The molecule has 0 aliphatic heterocycles. The van der Waals surface area contributed by atoms with Crippen molar-refractivity contribution in [1.29, 1.82) is 0 Å². The summed E-state index contributed by atoms with van der Waals surface area (Å²) in [6.45, 7) is 2.03. The van der Waals surface area contributed by atoms with E-state index in [1.165, 1.54) is 11.8 Å². The van der Waals surface area contributed by atoms with Crippen LogP contribution in [0.15, 0.2) is 59.8 Å². The predicted molar refractivity (Wildman–Crippen MR) is 125 cm³/mol. The van der Waals surface area contributed by atoms with Gasteiger partial charge in [-0.2, -0.15) is 0 Å². The number of benzene rings is 2. The number of carbonyl (C=O) groups is 1. The smallest absolute Gasteiger partial charge is 0.233 e. The van der Waals surface area contributed by atoms with Crippen molar-refractivity contribution >= 4 is 39.2 Å². The molecule has 2 aromatic carbocycles. The normalized spacial score (nSPS) is 14.6. The Labute approximate surface area is 189 Å². The number of hydrogen-bond acceptors (Lipinski definition) is 6. The molecule has 0 radical (unpaired) electrons. The standard InChI is InChI=1S/C23H23N5OS2/c1-15(22-24-18-10-6-7-11-19(18)31-22)27(2)20(29)14-30-23-26-25-21(16-12-13-16)28(23)17-8-4-3-5-9-17/h3-11,15-16H,12-14H2,1-2H3. The van der Waals surface area contributed by atoms with Crippen molar-refractivity contribution in [3.05, 3.63) is 65.4 Å². The first kappa shape index (κ1) is 20.2. The summed E-state index contributed by atoms with van der Waals surface area (Å²) in [4.78, 5) is 19.5. The van der Waals surface area contributed by atoms with Gasteiger partial charge in [-0.05, 0) is 44.0 Å². The molecule has 1 aliphatic rings. The molecule has 4 aromatic rings. The fraction of sp³-hybridized carbons (Fsp3) is 0.304.